The van der Waals surface area contributed by atoms with E-state index in [1.54, 1.807) is 5.57 Å². The Morgan fingerprint density at radius 1 is 0.911 bits per heavy atom. The molecule has 260 valence electrons. The van der Waals surface area contributed by atoms with Gasteiger partial charge in [-0.05, 0) is 112 Å². The van der Waals surface area contributed by atoms with Gasteiger partial charge in [0, 0.05) is 16.6 Å². The quantitative estimate of drug-likeness (QED) is 0.238. The molecule has 0 saturated heterocycles. The van der Waals surface area contributed by atoms with E-state index in [4.69, 9.17) is 8.85 Å². The van der Waals surface area contributed by atoms with Crippen molar-refractivity contribution in [2.45, 2.75) is 180 Å². The third kappa shape index (κ3) is 7.21. The molecule has 0 spiro atoms. The summed E-state index contributed by atoms with van der Waals surface area (Å²) in [5.41, 5.74) is 2.50. The predicted molar refractivity (Wildman–Crippen MR) is 199 cm³/mol. The lowest BCUT2D eigenvalue weighted by Gasteiger charge is -2.59. The Kier molecular flexibility index (Phi) is 10.5. The zero-order valence-corrected chi connectivity index (χ0v) is 34.6. The molecule has 4 aliphatic rings. The Labute approximate surface area is 284 Å². The molecule has 9 atom stereocenters. The lowest BCUT2D eigenvalue weighted by molar-refractivity contribution is -0.0438. The Morgan fingerprint density at radius 3 is 2.04 bits per heavy atom. The number of thioether (sulfide) groups is 1. The summed E-state index contributed by atoms with van der Waals surface area (Å²) in [7, 11) is -3.99. The molecule has 0 bridgehead atoms. The average Bonchev–Trinajstić information content (AvgIpc) is 3.12. The van der Waals surface area contributed by atoms with Crippen LogP contribution in [0.5, 0.6) is 0 Å². The van der Waals surface area contributed by atoms with Crippen LogP contribution in [0.25, 0.3) is 0 Å². The number of hydrogen-bond acceptors (Lipinski definition) is 5. The third-order valence-electron chi connectivity index (χ3n) is 13.8. The van der Waals surface area contributed by atoms with Gasteiger partial charge in [0.25, 0.3) is 0 Å². The fraction of sp³-hybridized carbons (Fsp3) is 0.895. The van der Waals surface area contributed by atoms with Gasteiger partial charge in [-0.1, -0.05) is 85.6 Å². The van der Waals surface area contributed by atoms with E-state index in [2.05, 4.69) is 101 Å². The SMILES string of the molecule is C[C@@H](SCCC(C)(C)O)[C@H]1[C@@H](O)C[C@H]2C3=CC=C4C[C@@H](O[Si](C)(C)C(C)(C)C)C[C@H](O[Si](C)(C)C(C)(C)C)[C@]4(C)[C@H]3CC[C@]12C. The van der Waals surface area contributed by atoms with Gasteiger partial charge in [-0.15, -0.1) is 0 Å². The molecule has 0 radical (unpaired) electrons. The highest BCUT2D eigenvalue weighted by atomic mass is 32.2. The molecule has 0 unspecified atom stereocenters. The Morgan fingerprint density at radius 2 is 1.49 bits per heavy atom. The highest BCUT2D eigenvalue weighted by molar-refractivity contribution is 7.99. The molecule has 0 aromatic carbocycles. The third-order valence-corrected chi connectivity index (χ3v) is 24.1. The molecule has 0 aromatic heterocycles. The average molecular weight is 679 g/mol. The highest BCUT2D eigenvalue weighted by Gasteiger charge is 2.62. The molecule has 0 aliphatic heterocycles. The topological polar surface area (TPSA) is 58.9 Å². The molecule has 4 aliphatic carbocycles. The van der Waals surface area contributed by atoms with Gasteiger partial charge in [0.2, 0.25) is 0 Å². The summed E-state index contributed by atoms with van der Waals surface area (Å²) in [4.78, 5) is 0. The fourth-order valence-electron chi connectivity index (χ4n) is 8.90. The maximum atomic E-state index is 11.7. The monoisotopic (exact) mass is 678 g/mol. The normalized spacial score (nSPS) is 36.9. The van der Waals surface area contributed by atoms with Gasteiger partial charge in [0.05, 0.1) is 23.9 Å². The molecular formula is C38H70O4SSi2. The standard InChI is InChI=1S/C38H70O4SSi2/c1-25(43-21-20-36(8,9)40)33-31(39)24-30-28-17-16-26-22-27(41-44(12,13)34(2,3)4)23-32(42-45(14,15)35(5,6)7)38(26,11)29(28)18-19-37(30,33)10/h16-17,25,27,29-33,39-40H,18-24H2,1-15H3/t25-,27-,29+,30+,31+,32+,33+,37+,38+/m1/s1. The molecule has 0 heterocycles. The van der Waals surface area contributed by atoms with Crippen LogP contribution in [0.3, 0.4) is 0 Å². The van der Waals surface area contributed by atoms with E-state index in [-0.39, 0.29) is 45.1 Å². The van der Waals surface area contributed by atoms with Gasteiger partial charge < -0.3 is 19.1 Å². The molecule has 4 rings (SSSR count). The minimum Gasteiger partial charge on any atom is -0.414 e. The van der Waals surface area contributed by atoms with E-state index in [1.165, 1.54) is 5.57 Å². The van der Waals surface area contributed by atoms with Crippen molar-refractivity contribution in [3.05, 3.63) is 23.3 Å². The van der Waals surface area contributed by atoms with Crippen molar-refractivity contribution in [2.24, 2.45) is 28.6 Å². The van der Waals surface area contributed by atoms with Crippen LogP contribution >= 0.6 is 11.8 Å². The lowest BCUT2D eigenvalue weighted by atomic mass is 9.49. The van der Waals surface area contributed by atoms with E-state index < -0.39 is 22.2 Å². The van der Waals surface area contributed by atoms with Crippen LogP contribution in [-0.2, 0) is 8.85 Å². The van der Waals surface area contributed by atoms with E-state index >= 15 is 0 Å². The van der Waals surface area contributed by atoms with Gasteiger partial charge in [0.15, 0.2) is 16.6 Å². The maximum absolute atomic E-state index is 11.7. The smallest absolute Gasteiger partial charge is 0.192 e. The number of allylic oxidation sites excluding steroid dienone is 3. The Bertz CT molecular complexity index is 1140. The number of fused-ring (bicyclic) bond motifs is 5. The van der Waals surface area contributed by atoms with Gasteiger partial charge in [-0.2, -0.15) is 11.8 Å². The van der Waals surface area contributed by atoms with Crippen molar-refractivity contribution in [2.75, 3.05) is 5.75 Å². The summed E-state index contributed by atoms with van der Waals surface area (Å²) >= 11 is 1.94. The molecule has 4 nitrogen and oxygen atoms in total. The molecule has 0 aromatic rings. The van der Waals surface area contributed by atoms with Crippen LogP contribution < -0.4 is 0 Å². The molecular weight excluding hydrogens is 609 g/mol. The highest BCUT2D eigenvalue weighted by Crippen LogP contribution is 2.67. The van der Waals surface area contributed by atoms with Crippen molar-refractivity contribution < 1.29 is 19.1 Å². The van der Waals surface area contributed by atoms with E-state index in [0.29, 0.717) is 17.1 Å². The molecule has 0 amide bonds. The first-order chi connectivity index (χ1) is 20.2. The minimum absolute atomic E-state index is 0.0513. The maximum Gasteiger partial charge on any atom is 0.192 e. The van der Waals surface area contributed by atoms with Crippen molar-refractivity contribution in [3.63, 3.8) is 0 Å². The van der Waals surface area contributed by atoms with Crippen molar-refractivity contribution in [3.8, 4) is 0 Å². The van der Waals surface area contributed by atoms with Crippen LogP contribution in [0.2, 0.25) is 36.3 Å². The molecule has 3 fully saturated rings. The molecule has 45 heavy (non-hydrogen) atoms. The van der Waals surface area contributed by atoms with Crippen LogP contribution in [0.1, 0.15) is 115 Å². The summed E-state index contributed by atoms with van der Waals surface area (Å²) in [5, 5.41) is 22.6. The summed E-state index contributed by atoms with van der Waals surface area (Å²) < 4.78 is 14.7. The predicted octanol–water partition coefficient (Wildman–Crippen LogP) is 10.1. The summed E-state index contributed by atoms with van der Waals surface area (Å²) in [6, 6.07) is 0. The van der Waals surface area contributed by atoms with Crippen molar-refractivity contribution in [1.29, 1.82) is 0 Å². The molecule has 7 heteroatoms. The van der Waals surface area contributed by atoms with Crippen LogP contribution in [-0.4, -0.2) is 61.8 Å². The number of aliphatic hydroxyl groups excluding tert-OH is 1. The van der Waals surface area contributed by atoms with Crippen LogP contribution in [0.4, 0.5) is 0 Å². The van der Waals surface area contributed by atoms with E-state index in [9.17, 15) is 10.2 Å². The second-order valence-electron chi connectivity index (χ2n) is 19.6. The number of aliphatic hydroxyl groups is 2. The van der Waals surface area contributed by atoms with Gasteiger partial charge in [-0.3, -0.25) is 0 Å². The fourth-order valence-corrected chi connectivity index (χ4v) is 13.4. The second kappa shape index (κ2) is 12.5. The minimum atomic E-state index is -2.05. The summed E-state index contributed by atoms with van der Waals surface area (Å²) in [6.45, 7) is 34.9. The van der Waals surface area contributed by atoms with Crippen LogP contribution in [0, 0.1) is 28.6 Å². The summed E-state index contributed by atoms with van der Waals surface area (Å²) in [6.07, 6.45) is 10.9. The van der Waals surface area contributed by atoms with Crippen molar-refractivity contribution >= 4 is 28.4 Å². The molecule has 2 N–H and O–H groups in total. The number of rotatable bonds is 9. The Hall–Kier alpha value is 0.104. The number of hydrogen-bond donors (Lipinski definition) is 2. The first-order valence-electron chi connectivity index (χ1n) is 18.0. The Balaban J connectivity index is 1.68. The first kappa shape index (κ1) is 37.9. The summed E-state index contributed by atoms with van der Waals surface area (Å²) in [5.74, 6) is 2.04. The zero-order chi connectivity index (χ0) is 34.2. The van der Waals surface area contributed by atoms with E-state index in [0.717, 1.165) is 44.3 Å². The first-order valence-corrected chi connectivity index (χ1v) is 24.9. The zero-order valence-electron chi connectivity index (χ0n) is 31.8. The van der Waals surface area contributed by atoms with E-state index in [1.807, 2.05) is 25.6 Å². The molecule has 3 saturated carbocycles. The van der Waals surface area contributed by atoms with Gasteiger partial charge in [-0.25, -0.2) is 0 Å². The van der Waals surface area contributed by atoms with Gasteiger partial charge in [0.1, 0.15) is 0 Å². The van der Waals surface area contributed by atoms with Crippen molar-refractivity contribution in [1.82, 2.24) is 0 Å². The van der Waals surface area contributed by atoms with Gasteiger partial charge >= 0.3 is 0 Å². The van der Waals surface area contributed by atoms with Crippen LogP contribution in [0.15, 0.2) is 23.3 Å². The largest absolute Gasteiger partial charge is 0.414 e. The second-order valence-corrected chi connectivity index (χ2v) is 30.6. The lowest BCUT2D eigenvalue weighted by Crippen LogP contribution is -2.58.